The van der Waals surface area contributed by atoms with Crippen molar-refractivity contribution in [1.82, 2.24) is 9.78 Å². The molecule has 5 heteroatoms. The Labute approximate surface area is 117 Å². The van der Waals surface area contributed by atoms with Crippen molar-refractivity contribution in [3.63, 3.8) is 0 Å². The summed E-state index contributed by atoms with van der Waals surface area (Å²) in [4.78, 5) is 0. The summed E-state index contributed by atoms with van der Waals surface area (Å²) >= 11 is 0. The predicted octanol–water partition coefficient (Wildman–Crippen LogP) is 3.09. The third-order valence-electron chi connectivity index (χ3n) is 3.46. The van der Waals surface area contributed by atoms with E-state index in [-0.39, 0.29) is 0 Å². The molecular weight excluding hydrogens is 256 g/mol. The van der Waals surface area contributed by atoms with Crippen LogP contribution < -0.4 is 0 Å². The Morgan fingerprint density at radius 1 is 1.47 bits per heavy atom. The van der Waals surface area contributed by atoms with Crippen LogP contribution in [-0.2, 0) is 16.2 Å². The first-order chi connectivity index (χ1) is 9.04. The highest BCUT2D eigenvalue weighted by Crippen LogP contribution is 2.23. The summed E-state index contributed by atoms with van der Waals surface area (Å²) in [6.07, 6.45) is 4.34. The van der Waals surface area contributed by atoms with Crippen molar-refractivity contribution in [1.29, 1.82) is 0 Å². The molecule has 108 valence electrons. The third-order valence-corrected chi connectivity index (χ3v) is 5.16. The standard InChI is InChI=1S/C14H26N2O2Si/c1-19(2,3)10-9-18-12-16-7-6-14(15-16)13-5-4-8-17-11-13/h6-7,13H,4-5,8-12H2,1-3H3. The number of ether oxygens (including phenoxy) is 2. The zero-order chi connectivity index (χ0) is 13.7. The minimum atomic E-state index is -0.988. The second-order valence-electron chi connectivity index (χ2n) is 6.54. The summed E-state index contributed by atoms with van der Waals surface area (Å²) in [5.41, 5.74) is 1.15. The molecular formula is C14H26N2O2Si. The van der Waals surface area contributed by atoms with E-state index in [0.29, 0.717) is 12.6 Å². The molecule has 1 fully saturated rings. The van der Waals surface area contributed by atoms with E-state index in [4.69, 9.17) is 9.47 Å². The zero-order valence-corrected chi connectivity index (χ0v) is 13.4. The van der Waals surface area contributed by atoms with Crippen molar-refractivity contribution >= 4 is 8.07 Å². The minimum Gasteiger partial charge on any atom is -0.381 e. The summed E-state index contributed by atoms with van der Waals surface area (Å²) in [5.74, 6) is 0.469. The molecule has 19 heavy (non-hydrogen) atoms. The van der Waals surface area contributed by atoms with Crippen LogP contribution in [0.1, 0.15) is 24.5 Å². The molecule has 2 rings (SSSR count). The van der Waals surface area contributed by atoms with Crippen molar-refractivity contribution in [2.24, 2.45) is 0 Å². The summed E-state index contributed by atoms with van der Waals surface area (Å²) in [6.45, 7) is 10.2. The van der Waals surface area contributed by atoms with E-state index in [0.717, 1.165) is 31.9 Å². The van der Waals surface area contributed by atoms with Gasteiger partial charge >= 0.3 is 0 Å². The molecule has 0 radical (unpaired) electrons. The Morgan fingerprint density at radius 2 is 2.32 bits per heavy atom. The van der Waals surface area contributed by atoms with Crippen LogP contribution in [0.3, 0.4) is 0 Å². The summed E-state index contributed by atoms with van der Waals surface area (Å²) < 4.78 is 13.1. The number of hydrogen-bond donors (Lipinski definition) is 0. The van der Waals surface area contributed by atoms with Gasteiger partial charge in [-0.3, -0.25) is 0 Å². The Morgan fingerprint density at radius 3 is 3.00 bits per heavy atom. The molecule has 1 saturated heterocycles. The smallest absolute Gasteiger partial charge is 0.139 e. The minimum absolute atomic E-state index is 0.469. The van der Waals surface area contributed by atoms with Crippen LogP contribution in [-0.4, -0.2) is 37.7 Å². The van der Waals surface area contributed by atoms with Crippen molar-refractivity contribution in [2.75, 3.05) is 19.8 Å². The average molecular weight is 282 g/mol. The van der Waals surface area contributed by atoms with Crippen LogP contribution in [0.25, 0.3) is 0 Å². The average Bonchev–Trinajstić information content (AvgIpc) is 2.83. The van der Waals surface area contributed by atoms with Gasteiger partial charge in [0.1, 0.15) is 6.73 Å². The van der Waals surface area contributed by atoms with Crippen LogP contribution in [0.4, 0.5) is 0 Å². The van der Waals surface area contributed by atoms with Gasteiger partial charge in [-0.1, -0.05) is 19.6 Å². The quantitative estimate of drug-likeness (QED) is 0.594. The van der Waals surface area contributed by atoms with Crippen molar-refractivity contribution in [2.45, 2.75) is 51.2 Å². The largest absolute Gasteiger partial charge is 0.381 e. The molecule has 2 heterocycles. The van der Waals surface area contributed by atoms with Gasteiger partial charge in [0.25, 0.3) is 0 Å². The molecule has 1 aliphatic heterocycles. The summed E-state index contributed by atoms with van der Waals surface area (Å²) in [6, 6.07) is 3.30. The molecule has 0 aliphatic carbocycles. The fourth-order valence-electron chi connectivity index (χ4n) is 2.18. The number of aromatic nitrogens is 2. The molecule has 1 aromatic rings. The van der Waals surface area contributed by atoms with Gasteiger partial charge in [0.2, 0.25) is 0 Å². The van der Waals surface area contributed by atoms with Gasteiger partial charge in [-0.05, 0) is 25.0 Å². The van der Waals surface area contributed by atoms with Crippen LogP contribution >= 0.6 is 0 Å². The Kier molecular flexibility index (Phi) is 5.18. The maximum absolute atomic E-state index is 5.70. The lowest BCUT2D eigenvalue weighted by Gasteiger charge is -2.20. The molecule has 4 nitrogen and oxygen atoms in total. The lowest BCUT2D eigenvalue weighted by Crippen LogP contribution is -2.22. The van der Waals surface area contributed by atoms with Gasteiger partial charge in [0.05, 0.1) is 12.3 Å². The molecule has 0 N–H and O–H groups in total. The lowest BCUT2D eigenvalue weighted by atomic mass is 9.99. The fourth-order valence-corrected chi connectivity index (χ4v) is 2.93. The van der Waals surface area contributed by atoms with E-state index in [9.17, 15) is 0 Å². The highest BCUT2D eigenvalue weighted by Gasteiger charge is 2.18. The number of rotatable bonds is 6. The highest BCUT2D eigenvalue weighted by molar-refractivity contribution is 6.76. The molecule has 0 bridgehead atoms. The van der Waals surface area contributed by atoms with Gasteiger partial charge < -0.3 is 9.47 Å². The molecule has 1 aromatic heterocycles. The Balaban J connectivity index is 1.74. The van der Waals surface area contributed by atoms with Crippen molar-refractivity contribution in [3.8, 4) is 0 Å². The maximum atomic E-state index is 5.70. The van der Waals surface area contributed by atoms with Gasteiger partial charge in [-0.2, -0.15) is 5.10 Å². The maximum Gasteiger partial charge on any atom is 0.139 e. The second kappa shape index (κ2) is 6.68. The number of hydrogen-bond acceptors (Lipinski definition) is 3. The van der Waals surface area contributed by atoms with E-state index in [1.54, 1.807) is 0 Å². The molecule has 0 spiro atoms. The van der Waals surface area contributed by atoms with Gasteiger partial charge in [-0.15, -0.1) is 0 Å². The van der Waals surface area contributed by atoms with Crippen LogP contribution in [0.2, 0.25) is 25.7 Å². The van der Waals surface area contributed by atoms with Gasteiger partial charge in [0, 0.05) is 33.4 Å². The van der Waals surface area contributed by atoms with Crippen LogP contribution in [0.15, 0.2) is 12.3 Å². The van der Waals surface area contributed by atoms with E-state index in [1.807, 2.05) is 10.9 Å². The SMILES string of the molecule is C[Si](C)(C)CCOCn1ccc(C2CCCOC2)n1. The van der Waals surface area contributed by atoms with E-state index >= 15 is 0 Å². The van der Waals surface area contributed by atoms with E-state index in [2.05, 4.69) is 30.8 Å². The van der Waals surface area contributed by atoms with Crippen molar-refractivity contribution in [3.05, 3.63) is 18.0 Å². The van der Waals surface area contributed by atoms with Gasteiger partial charge in [-0.25, -0.2) is 4.68 Å². The molecule has 1 unspecified atom stereocenters. The summed E-state index contributed by atoms with van der Waals surface area (Å²) in [5, 5.41) is 4.59. The normalized spacial score (nSPS) is 20.7. The topological polar surface area (TPSA) is 36.3 Å². The molecule has 0 saturated carbocycles. The zero-order valence-electron chi connectivity index (χ0n) is 12.4. The molecule has 0 amide bonds. The highest BCUT2D eigenvalue weighted by atomic mass is 28.3. The lowest BCUT2D eigenvalue weighted by molar-refractivity contribution is 0.0721. The van der Waals surface area contributed by atoms with E-state index < -0.39 is 8.07 Å². The molecule has 0 aromatic carbocycles. The molecule has 1 atom stereocenters. The van der Waals surface area contributed by atoms with Crippen LogP contribution in [0.5, 0.6) is 0 Å². The first kappa shape index (κ1) is 14.7. The Bertz CT molecular complexity index is 381. The third kappa shape index (κ3) is 5.08. The Hall–Kier alpha value is -0.653. The monoisotopic (exact) mass is 282 g/mol. The predicted molar refractivity (Wildman–Crippen MR) is 79.1 cm³/mol. The summed E-state index contributed by atoms with van der Waals surface area (Å²) in [7, 11) is -0.988. The van der Waals surface area contributed by atoms with Gasteiger partial charge in [0.15, 0.2) is 0 Å². The van der Waals surface area contributed by atoms with Crippen molar-refractivity contribution < 1.29 is 9.47 Å². The molecule has 1 aliphatic rings. The first-order valence-corrected chi connectivity index (χ1v) is 10.9. The van der Waals surface area contributed by atoms with E-state index in [1.165, 1.54) is 12.5 Å². The van der Waals surface area contributed by atoms with Crippen LogP contribution in [0, 0.1) is 0 Å². The fraction of sp³-hybridized carbons (Fsp3) is 0.786. The second-order valence-corrected chi connectivity index (χ2v) is 12.2. The number of nitrogens with zero attached hydrogens (tertiary/aromatic N) is 2. The first-order valence-electron chi connectivity index (χ1n) is 7.23.